The van der Waals surface area contributed by atoms with Gasteiger partial charge in [0.1, 0.15) is 5.75 Å². The van der Waals surface area contributed by atoms with E-state index in [0.29, 0.717) is 39.0 Å². The molecule has 0 radical (unpaired) electrons. The lowest BCUT2D eigenvalue weighted by Gasteiger charge is -2.22. The van der Waals surface area contributed by atoms with Crippen LogP contribution in [0.15, 0.2) is 24.3 Å². The summed E-state index contributed by atoms with van der Waals surface area (Å²) in [5.74, 6) is 0.959. The van der Waals surface area contributed by atoms with Crippen molar-refractivity contribution in [2.75, 3.05) is 25.4 Å². The number of rotatable bonds is 6. The van der Waals surface area contributed by atoms with Gasteiger partial charge in [0.25, 0.3) is 5.24 Å². The number of thioether (sulfide) groups is 1. The molecule has 2 fully saturated rings. The Morgan fingerprint density at radius 3 is 2.84 bits per heavy atom. The minimum absolute atomic E-state index is 0.0561. The summed E-state index contributed by atoms with van der Waals surface area (Å²) < 4.78 is 5.59. The van der Waals surface area contributed by atoms with Gasteiger partial charge in [0.2, 0.25) is 11.8 Å². The topological polar surface area (TPSA) is 66.9 Å². The van der Waals surface area contributed by atoms with Crippen molar-refractivity contribution in [1.82, 2.24) is 9.80 Å². The number of nitrogens with zero attached hydrogens (tertiary/aromatic N) is 2. The molecule has 2 aliphatic heterocycles. The van der Waals surface area contributed by atoms with Gasteiger partial charge in [-0.25, -0.2) is 0 Å². The summed E-state index contributed by atoms with van der Waals surface area (Å²) in [5.41, 5.74) is 1.02. The summed E-state index contributed by atoms with van der Waals surface area (Å²) >= 11 is 1.04. The number of carbonyl (C=O) groups excluding carboxylic acids is 3. The van der Waals surface area contributed by atoms with E-state index in [0.717, 1.165) is 23.1 Å². The molecule has 3 rings (SSSR count). The maximum absolute atomic E-state index is 12.5. The van der Waals surface area contributed by atoms with Crippen LogP contribution in [0.3, 0.4) is 0 Å². The Hall–Kier alpha value is -2.02. The monoisotopic (exact) mass is 362 g/mol. The molecular formula is C18H22N2O4S. The van der Waals surface area contributed by atoms with Gasteiger partial charge in [0, 0.05) is 19.5 Å². The lowest BCUT2D eigenvalue weighted by Crippen LogP contribution is -2.41. The van der Waals surface area contributed by atoms with Crippen LogP contribution in [0.5, 0.6) is 5.75 Å². The highest BCUT2D eigenvalue weighted by Gasteiger charge is 2.40. The molecule has 2 heterocycles. The molecule has 3 amide bonds. The van der Waals surface area contributed by atoms with Gasteiger partial charge in [-0.05, 0) is 31.4 Å². The van der Waals surface area contributed by atoms with E-state index in [4.69, 9.17) is 4.74 Å². The van der Waals surface area contributed by atoms with Crippen LogP contribution < -0.4 is 4.74 Å². The summed E-state index contributed by atoms with van der Waals surface area (Å²) in [6.07, 6.45) is 1.68. The van der Waals surface area contributed by atoms with E-state index >= 15 is 0 Å². The zero-order valence-electron chi connectivity index (χ0n) is 14.3. The summed E-state index contributed by atoms with van der Waals surface area (Å²) in [5, 5.41) is -0.185. The third kappa shape index (κ3) is 3.98. The molecule has 1 aromatic carbocycles. The van der Waals surface area contributed by atoms with Crippen molar-refractivity contribution < 1.29 is 19.1 Å². The van der Waals surface area contributed by atoms with Crippen molar-refractivity contribution in [3.05, 3.63) is 29.8 Å². The second-order valence-electron chi connectivity index (χ2n) is 6.14. The lowest BCUT2D eigenvalue weighted by atomic mass is 10.1. The van der Waals surface area contributed by atoms with Gasteiger partial charge in [-0.3, -0.25) is 19.3 Å². The lowest BCUT2D eigenvalue weighted by molar-refractivity contribution is -0.131. The first-order valence-electron chi connectivity index (χ1n) is 8.57. The zero-order valence-corrected chi connectivity index (χ0v) is 15.1. The number of imide groups is 1. The first kappa shape index (κ1) is 17.8. The molecular weight excluding hydrogens is 340 g/mol. The van der Waals surface area contributed by atoms with Crippen molar-refractivity contribution in [2.45, 2.75) is 32.2 Å². The number of benzene rings is 1. The molecule has 0 spiro atoms. The second-order valence-corrected chi connectivity index (χ2v) is 7.07. The number of hydrogen-bond donors (Lipinski definition) is 0. The van der Waals surface area contributed by atoms with Crippen LogP contribution in [0.1, 0.15) is 25.3 Å². The van der Waals surface area contributed by atoms with Gasteiger partial charge in [-0.2, -0.15) is 0 Å². The Labute approximate surface area is 151 Å². The molecule has 1 atom stereocenters. The molecule has 7 heteroatoms. The normalized spacial score (nSPS) is 20.4. The van der Waals surface area contributed by atoms with Crippen LogP contribution in [0, 0.1) is 0 Å². The fraction of sp³-hybridized carbons (Fsp3) is 0.500. The Balaban J connectivity index is 1.55. The summed E-state index contributed by atoms with van der Waals surface area (Å²) in [7, 11) is 0. The molecule has 0 aliphatic carbocycles. The summed E-state index contributed by atoms with van der Waals surface area (Å²) in [6.45, 7) is 3.57. The number of para-hydroxylation sites is 1. The van der Waals surface area contributed by atoms with Crippen LogP contribution in [-0.2, 0) is 16.0 Å². The average Bonchev–Trinajstić information content (AvgIpc) is 3.21. The molecule has 2 aliphatic rings. The third-order valence-electron chi connectivity index (χ3n) is 4.55. The van der Waals surface area contributed by atoms with Crippen LogP contribution in [0.2, 0.25) is 0 Å². The maximum atomic E-state index is 12.5. The molecule has 1 unspecified atom stereocenters. The Morgan fingerprint density at radius 2 is 2.12 bits per heavy atom. The van der Waals surface area contributed by atoms with Gasteiger partial charge < -0.3 is 9.64 Å². The Bertz CT molecular complexity index is 663. The number of hydrogen-bond acceptors (Lipinski definition) is 5. The van der Waals surface area contributed by atoms with Crippen molar-refractivity contribution in [3.63, 3.8) is 0 Å². The highest BCUT2D eigenvalue weighted by atomic mass is 32.2. The van der Waals surface area contributed by atoms with Gasteiger partial charge in [-0.1, -0.05) is 30.0 Å². The molecule has 0 aromatic heterocycles. The van der Waals surface area contributed by atoms with E-state index in [2.05, 4.69) is 0 Å². The highest BCUT2D eigenvalue weighted by Crippen LogP contribution is 2.27. The van der Waals surface area contributed by atoms with Crippen molar-refractivity contribution >= 4 is 28.8 Å². The minimum Gasteiger partial charge on any atom is -0.494 e. The number of carbonyl (C=O) groups is 3. The molecule has 25 heavy (non-hydrogen) atoms. The highest BCUT2D eigenvalue weighted by molar-refractivity contribution is 8.14. The van der Waals surface area contributed by atoms with E-state index in [1.165, 1.54) is 4.90 Å². The average molecular weight is 362 g/mol. The zero-order chi connectivity index (χ0) is 17.8. The molecule has 0 saturated carbocycles. The largest absolute Gasteiger partial charge is 0.494 e. The first-order valence-corrected chi connectivity index (χ1v) is 9.56. The van der Waals surface area contributed by atoms with Gasteiger partial charge in [-0.15, -0.1) is 0 Å². The third-order valence-corrected chi connectivity index (χ3v) is 5.38. The van der Waals surface area contributed by atoms with Crippen molar-refractivity contribution in [1.29, 1.82) is 0 Å². The fourth-order valence-electron chi connectivity index (χ4n) is 3.30. The van der Waals surface area contributed by atoms with Crippen LogP contribution in [0.4, 0.5) is 4.79 Å². The Morgan fingerprint density at radius 1 is 1.32 bits per heavy atom. The van der Waals surface area contributed by atoms with E-state index in [-0.39, 0.29) is 28.8 Å². The minimum atomic E-state index is -0.185. The predicted molar refractivity (Wildman–Crippen MR) is 95.6 cm³/mol. The fourth-order valence-corrected chi connectivity index (χ4v) is 4.08. The van der Waals surface area contributed by atoms with E-state index in [9.17, 15) is 14.4 Å². The molecule has 0 N–H and O–H groups in total. The molecule has 1 aromatic rings. The standard InChI is InChI=1S/C18H22N2O4S/c1-2-24-15-6-4-3-5-13(15)7-8-16(21)19-10-9-14(11-19)20-17(22)12-25-18(20)23/h3-6,14H,2,7-12H2,1H3. The van der Waals surface area contributed by atoms with Gasteiger partial charge >= 0.3 is 0 Å². The molecule has 134 valence electrons. The van der Waals surface area contributed by atoms with Crippen molar-refractivity contribution in [3.8, 4) is 5.75 Å². The number of aryl methyl sites for hydroxylation is 1. The van der Waals surface area contributed by atoms with Gasteiger partial charge in [0.15, 0.2) is 0 Å². The van der Waals surface area contributed by atoms with E-state index < -0.39 is 0 Å². The maximum Gasteiger partial charge on any atom is 0.289 e. The molecule has 2 saturated heterocycles. The van der Waals surface area contributed by atoms with E-state index in [1.54, 1.807) is 4.90 Å². The van der Waals surface area contributed by atoms with Crippen LogP contribution in [0.25, 0.3) is 0 Å². The SMILES string of the molecule is CCOc1ccccc1CCC(=O)N1CCC(N2C(=O)CSC2=O)C1. The predicted octanol–water partition coefficient (Wildman–Crippen LogP) is 2.31. The number of ether oxygens (including phenoxy) is 1. The number of likely N-dealkylation sites (tertiary alicyclic amines) is 1. The quantitative estimate of drug-likeness (QED) is 0.777. The summed E-state index contributed by atoms with van der Waals surface area (Å²) in [4.78, 5) is 39.2. The van der Waals surface area contributed by atoms with Gasteiger partial charge in [0.05, 0.1) is 18.4 Å². The first-order chi connectivity index (χ1) is 12.1. The smallest absolute Gasteiger partial charge is 0.289 e. The molecule has 0 bridgehead atoms. The van der Waals surface area contributed by atoms with Crippen LogP contribution in [-0.4, -0.2) is 58.3 Å². The summed E-state index contributed by atoms with van der Waals surface area (Å²) in [6, 6.07) is 7.58. The van der Waals surface area contributed by atoms with Crippen molar-refractivity contribution in [2.24, 2.45) is 0 Å². The number of amides is 3. The van der Waals surface area contributed by atoms with E-state index in [1.807, 2.05) is 31.2 Å². The second kappa shape index (κ2) is 7.91. The Kier molecular flexibility index (Phi) is 5.63. The molecule has 6 nitrogen and oxygen atoms in total. The van der Waals surface area contributed by atoms with Crippen LogP contribution >= 0.6 is 11.8 Å².